The Labute approximate surface area is 174 Å². The SMILES string of the molecule is C[C@@H]1CCN(C(=O)CC#N)C[C@@H]1N(C)c1ncnc2c1ccn2CNNC(=O)CN. The van der Waals surface area contributed by atoms with Gasteiger partial charge < -0.3 is 20.1 Å². The highest BCUT2D eigenvalue weighted by Crippen LogP contribution is 2.29. The molecule has 3 rings (SSSR count). The lowest BCUT2D eigenvalue weighted by atomic mass is 9.92. The molecule has 2 amide bonds. The number of nitrogens with zero attached hydrogens (tertiary/aromatic N) is 6. The van der Waals surface area contributed by atoms with Crippen molar-refractivity contribution in [1.82, 2.24) is 30.3 Å². The summed E-state index contributed by atoms with van der Waals surface area (Å²) in [6.07, 6.45) is 4.14. The Morgan fingerprint density at radius 1 is 1.43 bits per heavy atom. The van der Waals surface area contributed by atoms with Crippen LogP contribution in [0, 0.1) is 17.2 Å². The molecule has 0 saturated carbocycles. The second kappa shape index (κ2) is 9.51. The van der Waals surface area contributed by atoms with Gasteiger partial charge in [-0.25, -0.2) is 15.4 Å². The van der Waals surface area contributed by atoms with Gasteiger partial charge in [-0.2, -0.15) is 5.26 Å². The summed E-state index contributed by atoms with van der Waals surface area (Å²) in [6, 6.07) is 3.94. The van der Waals surface area contributed by atoms with E-state index in [1.807, 2.05) is 29.9 Å². The van der Waals surface area contributed by atoms with E-state index in [4.69, 9.17) is 11.0 Å². The molecule has 2 aromatic rings. The van der Waals surface area contributed by atoms with Crippen LogP contribution in [0.25, 0.3) is 11.0 Å². The molecule has 2 atom stereocenters. The van der Waals surface area contributed by atoms with Crippen LogP contribution in [0.3, 0.4) is 0 Å². The van der Waals surface area contributed by atoms with Gasteiger partial charge in [0.25, 0.3) is 0 Å². The summed E-state index contributed by atoms with van der Waals surface area (Å²) in [5.74, 6) is 0.702. The van der Waals surface area contributed by atoms with E-state index in [-0.39, 0.29) is 30.8 Å². The van der Waals surface area contributed by atoms with Gasteiger partial charge in [0, 0.05) is 26.3 Å². The van der Waals surface area contributed by atoms with E-state index in [0.29, 0.717) is 25.7 Å². The Bertz CT molecular complexity index is 951. The van der Waals surface area contributed by atoms with Crippen molar-refractivity contribution in [3.05, 3.63) is 18.6 Å². The average molecular weight is 413 g/mol. The van der Waals surface area contributed by atoms with Crippen molar-refractivity contribution in [1.29, 1.82) is 5.26 Å². The first-order valence-electron chi connectivity index (χ1n) is 9.85. The number of amides is 2. The summed E-state index contributed by atoms with van der Waals surface area (Å²) < 4.78 is 1.86. The number of carbonyl (C=O) groups is 2. The monoisotopic (exact) mass is 413 g/mol. The number of nitrogens with two attached hydrogens (primary N) is 1. The molecule has 2 aromatic heterocycles. The Morgan fingerprint density at radius 2 is 2.23 bits per heavy atom. The molecule has 11 nitrogen and oxygen atoms in total. The summed E-state index contributed by atoms with van der Waals surface area (Å²) in [7, 11) is 1.97. The summed E-state index contributed by atoms with van der Waals surface area (Å²) >= 11 is 0. The molecule has 0 unspecified atom stereocenters. The minimum absolute atomic E-state index is 0.0739. The van der Waals surface area contributed by atoms with Crippen LogP contribution in [0.4, 0.5) is 5.82 Å². The standard InChI is InChI=1S/C19H27N9O2/c1-13-4-7-27(17(30)3-6-20)10-15(13)26(2)18-14-5-8-28(19(14)23-11-22-18)12-24-25-16(29)9-21/h5,8,11,13,15,24H,3-4,7,9-10,12,21H2,1-2H3,(H,25,29)/t13-,15+/m1/s1. The van der Waals surface area contributed by atoms with Crippen LogP contribution < -0.4 is 21.5 Å². The number of anilines is 1. The molecular weight excluding hydrogens is 386 g/mol. The number of hydrazine groups is 1. The zero-order valence-corrected chi connectivity index (χ0v) is 17.2. The van der Waals surface area contributed by atoms with Gasteiger partial charge in [0.05, 0.1) is 30.7 Å². The minimum Gasteiger partial charge on any atom is -0.354 e. The van der Waals surface area contributed by atoms with Crippen molar-refractivity contribution in [2.24, 2.45) is 11.7 Å². The van der Waals surface area contributed by atoms with Crippen LogP contribution in [0.15, 0.2) is 18.6 Å². The minimum atomic E-state index is -0.303. The third kappa shape index (κ3) is 4.50. The maximum atomic E-state index is 12.2. The van der Waals surface area contributed by atoms with Gasteiger partial charge in [0.1, 0.15) is 24.2 Å². The summed E-state index contributed by atoms with van der Waals surface area (Å²) in [4.78, 5) is 36.2. The van der Waals surface area contributed by atoms with Crippen LogP contribution in [-0.2, 0) is 16.3 Å². The molecule has 0 aromatic carbocycles. The number of hydrogen-bond donors (Lipinski definition) is 3. The van der Waals surface area contributed by atoms with Gasteiger partial charge in [-0.05, 0) is 18.4 Å². The Balaban J connectivity index is 1.79. The van der Waals surface area contributed by atoms with Gasteiger partial charge in [0.2, 0.25) is 11.8 Å². The van der Waals surface area contributed by atoms with E-state index < -0.39 is 0 Å². The molecule has 0 spiro atoms. The Hall–Kier alpha value is -3.23. The number of likely N-dealkylation sites (tertiary alicyclic amines) is 1. The topological polar surface area (TPSA) is 145 Å². The fourth-order valence-electron chi connectivity index (χ4n) is 3.79. The summed E-state index contributed by atoms with van der Waals surface area (Å²) in [5, 5.41) is 9.71. The van der Waals surface area contributed by atoms with Gasteiger partial charge in [-0.1, -0.05) is 6.92 Å². The second-order valence-corrected chi connectivity index (χ2v) is 7.43. The molecule has 0 aliphatic carbocycles. The third-order valence-electron chi connectivity index (χ3n) is 5.53. The van der Waals surface area contributed by atoms with Crippen LogP contribution in [-0.4, -0.2) is 64.0 Å². The van der Waals surface area contributed by atoms with E-state index in [1.54, 1.807) is 4.90 Å². The van der Waals surface area contributed by atoms with E-state index in [1.165, 1.54) is 6.33 Å². The predicted octanol–water partition coefficient (Wildman–Crippen LogP) is -0.445. The lowest BCUT2D eigenvalue weighted by molar-refractivity contribution is -0.131. The second-order valence-electron chi connectivity index (χ2n) is 7.43. The lowest BCUT2D eigenvalue weighted by Gasteiger charge is -2.42. The number of aromatic nitrogens is 3. The van der Waals surface area contributed by atoms with Gasteiger partial charge >= 0.3 is 0 Å². The highest BCUT2D eigenvalue weighted by molar-refractivity contribution is 5.88. The quantitative estimate of drug-likeness (QED) is 0.518. The number of likely N-dealkylation sites (N-methyl/N-ethyl adjacent to an activating group) is 1. The van der Waals surface area contributed by atoms with Gasteiger partial charge in [0.15, 0.2) is 0 Å². The molecule has 0 radical (unpaired) electrons. The number of nitrogens with one attached hydrogen (secondary N) is 2. The molecule has 4 N–H and O–H groups in total. The summed E-state index contributed by atoms with van der Waals surface area (Å²) in [6.45, 7) is 3.62. The van der Waals surface area contributed by atoms with E-state index in [9.17, 15) is 9.59 Å². The van der Waals surface area contributed by atoms with Gasteiger partial charge in [-0.3, -0.25) is 15.0 Å². The van der Waals surface area contributed by atoms with Crippen molar-refractivity contribution in [2.75, 3.05) is 31.6 Å². The van der Waals surface area contributed by atoms with Crippen LogP contribution >= 0.6 is 0 Å². The normalized spacial score (nSPS) is 18.8. The molecule has 11 heteroatoms. The van der Waals surface area contributed by atoms with Crippen molar-refractivity contribution in [3.8, 4) is 6.07 Å². The van der Waals surface area contributed by atoms with E-state index >= 15 is 0 Å². The van der Waals surface area contributed by atoms with Crippen LogP contribution in [0.2, 0.25) is 0 Å². The number of nitriles is 1. The van der Waals surface area contributed by atoms with Crippen molar-refractivity contribution < 1.29 is 9.59 Å². The van der Waals surface area contributed by atoms with Crippen molar-refractivity contribution in [2.45, 2.75) is 32.5 Å². The smallest absolute Gasteiger partial charge is 0.247 e. The highest BCUT2D eigenvalue weighted by atomic mass is 16.2. The maximum Gasteiger partial charge on any atom is 0.247 e. The Kier molecular flexibility index (Phi) is 6.81. The van der Waals surface area contributed by atoms with Gasteiger partial charge in [-0.15, -0.1) is 0 Å². The first-order valence-corrected chi connectivity index (χ1v) is 9.85. The number of hydrogen-bond acceptors (Lipinski definition) is 8. The van der Waals surface area contributed by atoms with Crippen molar-refractivity contribution in [3.63, 3.8) is 0 Å². The number of carbonyl (C=O) groups excluding carboxylic acids is 2. The largest absolute Gasteiger partial charge is 0.354 e. The molecule has 3 heterocycles. The molecule has 1 aliphatic rings. The lowest BCUT2D eigenvalue weighted by Crippen LogP contribution is -2.52. The molecule has 160 valence electrons. The fraction of sp³-hybridized carbons (Fsp3) is 0.526. The van der Waals surface area contributed by atoms with E-state index in [0.717, 1.165) is 23.3 Å². The molecular formula is C19H27N9O2. The maximum absolute atomic E-state index is 12.2. The molecule has 30 heavy (non-hydrogen) atoms. The molecule has 1 aliphatic heterocycles. The number of piperidine rings is 1. The molecule has 0 bridgehead atoms. The third-order valence-corrected chi connectivity index (χ3v) is 5.53. The molecule has 1 saturated heterocycles. The zero-order chi connectivity index (χ0) is 21.7. The fourth-order valence-corrected chi connectivity index (χ4v) is 3.79. The molecule has 1 fully saturated rings. The summed E-state index contributed by atoms with van der Waals surface area (Å²) in [5.41, 5.74) is 11.3. The van der Waals surface area contributed by atoms with Crippen LogP contribution in [0.1, 0.15) is 19.8 Å². The van der Waals surface area contributed by atoms with Crippen LogP contribution in [0.5, 0.6) is 0 Å². The number of fused-ring (bicyclic) bond motifs is 1. The zero-order valence-electron chi connectivity index (χ0n) is 17.2. The first kappa shape index (κ1) is 21.5. The first-order chi connectivity index (χ1) is 14.5. The highest BCUT2D eigenvalue weighted by Gasteiger charge is 2.32. The average Bonchev–Trinajstić information content (AvgIpc) is 3.16. The van der Waals surface area contributed by atoms with Crippen molar-refractivity contribution >= 4 is 28.7 Å². The Morgan fingerprint density at radius 3 is 2.97 bits per heavy atom. The number of rotatable bonds is 7. The van der Waals surface area contributed by atoms with E-state index in [2.05, 4.69) is 32.6 Å². The predicted molar refractivity (Wildman–Crippen MR) is 111 cm³/mol.